The molecule has 0 unspecified atom stereocenters. The molecule has 0 bridgehead atoms. The van der Waals surface area contributed by atoms with Crippen molar-refractivity contribution in [2.45, 2.75) is 25.8 Å². The fraction of sp³-hybridized carbons (Fsp3) is 0.200. The molecule has 0 saturated carbocycles. The van der Waals surface area contributed by atoms with Crippen LogP contribution in [0.25, 0.3) is 10.8 Å². The van der Waals surface area contributed by atoms with Gasteiger partial charge in [-0.1, -0.05) is 48.5 Å². The van der Waals surface area contributed by atoms with Crippen molar-refractivity contribution in [3.05, 3.63) is 72.3 Å². The molecule has 168 valence electrons. The fourth-order valence-corrected chi connectivity index (χ4v) is 3.77. The average Bonchev–Trinajstić information content (AvgIpc) is 2.99. The summed E-state index contributed by atoms with van der Waals surface area (Å²) in [6.45, 7) is 3.05. The van der Waals surface area contributed by atoms with Crippen molar-refractivity contribution >= 4 is 45.9 Å². The van der Waals surface area contributed by atoms with Crippen LogP contribution in [0.3, 0.4) is 0 Å². The maximum atomic E-state index is 12.5. The third-order valence-electron chi connectivity index (χ3n) is 5.43. The Morgan fingerprint density at radius 2 is 1.67 bits per heavy atom. The first-order valence-corrected chi connectivity index (χ1v) is 10.5. The second kappa shape index (κ2) is 8.74. The number of fused-ring (bicyclic) bond motifs is 1. The minimum atomic E-state index is -0.995. The van der Waals surface area contributed by atoms with Gasteiger partial charge in [0.25, 0.3) is 5.91 Å². The van der Waals surface area contributed by atoms with Crippen molar-refractivity contribution in [2.24, 2.45) is 0 Å². The van der Waals surface area contributed by atoms with Crippen molar-refractivity contribution in [1.29, 1.82) is 0 Å². The molecule has 5 amide bonds. The summed E-state index contributed by atoms with van der Waals surface area (Å²) >= 11 is 0. The molecule has 0 atom stereocenters. The van der Waals surface area contributed by atoms with E-state index in [-0.39, 0.29) is 24.8 Å². The standard InChI is InChI=1S/C25H24N4O4/c1-25(2)23(32)29(24(33)28-25)19-11-6-10-18(14-19)27-22(31)15-26-21(30)13-17-9-5-8-16-7-3-4-12-20(16)17/h3-12,14H,13,15H2,1-2H3,(H,26,30)(H,27,31)(H,28,33). The monoisotopic (exact) mass is 444 g/mol. The summed E-state index contributed by atoms with van der Waals surface area (Å²) in [5.41, 5.74) is 0.646. The molecular weight excluding hydrogens is 420 g/mol. The summed E-state index contributed by atoms with van der Waals surface area (Å²) in [5.74, 6) is -1.07. The van der Waals surface area contributed by atoms with Crippen molar-refractivity contribution in [3.8, 4) is 0 Å². The van der Waals surface area contributed by atoms with Crippen LogP contribution >= 0.6 is 0 Å². The van der Waals surface area contributed by atoms with Gasteiger partial charge in [-0.15, -0.1) is 0 Å². The van der Waals surface area contributed by atoms with Crippen LogP contribution in [0.4, 0.5) is 16.2 Å². The van der Waals surface area contributed by atoms with Crippen molar-refractivity contribution in [2.75, 3.05) is 16.8 Å². The van der Waals surface area contributed by atoms with E-state index in [1.807, 2.05) is 42.5 Å². The van der Waals surface area contributed by atoms with Gasteiger partial charge in [-0.2, -0.15) is 0 Å². The Morgan fingerprint density at radius 1 is 0.939 bits per heavy atom. The Morgan fingerprint density at radius 3 is 2.42 bits per heavy atom. The van der Waals surface area contributed by atoms with E-state index in [9.17, 15) is 19.2 Å². The molecule has 1 saturated heterocycles. The number of nitrogens with zero attached hydrogens (tertiary/aromatic N) is 1. The van der Waals surface area contributed by atoms with Crippen LogP contribution in [0.1, 0.15) is 19.4 Å². The van der Waals surface area contributed by atoms with Gasteiger partial charge in [0.05, 0.1) is 18.7 Å². The zero-order valence-corrected chi connectivity index (χ0v) is 18.3. The highest BCUT2D eigenvalue weighted by molar-refractivity contribution is 6.23. The molecule has 8 nitrogen and oxygen atoms in total. The molecular formula is C25H24N4O4. The van der Waals surface area contributed by atoms with E-state index in [2.05, 4.69) is 16.0 Å². The molecule has 3 N–H and O–H groups in total. The van der Waals surface area contributed by atoms with Crippen LogP contribution in [0.2, 0.25) is 0 Å². The van der Waals surface area contributed by atoms with E-state index >= 15 is 0 Å². The Bertz CT molecular complexity index is 1260. The van der Waals surface area contributed by atoms with Crippen LogP contribution in [0, 0.1) is 0 Å². The van der Waals surface area contributed by atoms with Crippen molar-refractivity contribution in [3.63, 3.8) is 0 Å². The van der Waals surface area contributed by atoms with Gasteiger partial charge in [0.15, 0.2) is 0 Å². The first-order chi connectivity index (χ1) is 15.7. The molecule has 1 aliphatic rings. The molecule has 1 heterocycles. The number of urea groups is 1. The number of carbonyl (C=O) groups is 4. The second-order valence-electron chi connectivity index (χ2n) is 8.39. The van der Waals surface area contributed by atoms with E-state index in [1.54, 1.807) is 32.0 Å². The number of nitrogens with one attached hydrogen (secondary N) is 3. The lowest BCUT2D eigenvalue weighted by Gasteiger charge is -2.17. The predicted octanol–water partition coefficient (Wildman–Crippen LogP) is 2.97. The van der Waals surface area contributed by atoms with E-state index in [1.165, 1.54) is 6.07 Å². The molecule has 1 aliphatic heterocycles. The number of hydrogen-bond acceptors (Lipinski definition) is 4. The molecule has 0 radical (unpaired) electrons. The van der Waals surface area contributed by atoms with E-state index in [0.717, 1.165) is 21.2 Å². The van der Waals surface area contributed by atoms with Gasteiger partial charge in [-0.05, 0) is 48.4 Å². The lowest BCUT2D eigenvalue weighted by molar-refractivity contribution is -0.123. The number of amides is 5. The molecule has 0 aromatic heterocycles. The van der Waals surface area contributed by atoms with Gasteiger partial charge in [-0.3, -0.25) is 14.4 Å². The second-order valence-corrected chi connectivity index (χ2v) is 8.39. The number of carbonyl (C=O) groups excluding carboxylic acids is 4. The maximum Gasteiger partial charge on any atom is 0.329 e. The first kappa shape index (κ1) is 22.0. The Labute approximate surface area is 191 Å². The summed E-state index contributed by atoms with van der Waals surface area (Å²) in [6.07, 6.45) is 0.159. The number of imide groups is 1. The van der Waals surface area contributed by atoms with Crippen LogP contribution < -0.4 is 20.9 Å². The highest BCUT2D eigenvalue weighted by Gasteiger charge is 2.45. The van der Waals surface area contributed by atoms with Gasteiger partial charge < -0.3 is 16.0 Å². The lowest BCUT2D eigenvalue weighted by atomic mass is 10.0. The van der Waals surface area contributed by atoms with E-state index < -0.39 is 17.5 Å². The van der Waals surface area contributed by atoms with Gasteiger partial charge in [0, 0.05) is 5.69 Å². The third kappa shape index (κ3) is 4.69. The van der Waals surface area contributed by atoms with Gasteiger partial charge in [0.2, 0.25) is 11.8 Å². The average molecular weight is 444 g/mol. The van der Waals surface area contributed by atoms with E-state index in [0.29, 0.717) is 11.4 Å². The maximum absolute atomic E-state index is 12.5. The van der Waals surface area contributed by atoms with Gasteiger partial charge in [0.1, 0.15) is 5.54 Å². The SMILES string of the molecule is CC1(C)NC(=O)N(c2cccc(NC(=O)CNC(=O)Cc3cccc4ccccc34)c2)C1=O. The van der Waals surface area contributed by atoms with Gasteiger partial charge in [-0.25, -0.2) is 9.69 Å². The Balaban J connectivity index is 1.36. The van der Waals surface area contributed by atoms with Crippen LogP contribution in [-0.4, -0.2) is 35.8 Å². The van der Waals surface area contributed by atoms with Crippen molar-refractivity contribution in [1.82, 2.24) is 10.6 Å². The zero-order chi connectivity index (χ0) is 23.6. The van der Waals surface area contributed by atoms with Crippen LogP contribution in [0.5, 0.6) is 0 Å². The minimum absolute atomic E-state index is 0.159. The summed E-state index contributed by atoms with van der Waals surface area (Å²) in [5, 5.41) is 9.98. The predicted molar refractivity (Wildman–Crippen MR) is 126 cm³/mol. The highest BCUT2D eigenvalue weighted by Crippen LogP contribution is 2.26. The first-order valence-electron chi connectivity index (χ1n) is 10.5. The number of benzene rings is 3. The van der Waals surface area contributed by atoms with Gasteiger partial charge >= 0.3 is 6.03 Å². The minimum Gasteiger partial charge on any atom is -0.347 e. The quantitative estimate of drug-likeness (QED) is 0.508. The molecule has 8 heteroatoms. The fourth-order valence-electron chi connectivity index (χ4n) is 3.77. The molecule has 3 aromatic rings. The zero-order valence-electron chi connectivity index (χ0n) is 18.3. The van der Waals surface area contributed by atoms with Crippen LogP contribution in [0.15, 0.2) is 66.7 Å². The smallest absolute Gasteiger partial charge is 0.329 e. The topological polar surface area (TPSA) is 108 Å². The van der Waals surface area contributed by atoms with Crippen molar-refractivity contribution < 1.29 is 19.2 Å². The summed E-state index contributed by atoms with van der Waals surface area (Å²) in [6, 6.07) is 19.5. The van der Waals surface area contributed by atoms with Crippen LogP contribution in [-0.2, 0) is 20.8 Å². The molecule has 0 aliphatic carbocycles. The lowest BCUT2D eigenvalue weighted by Crippen LogP contribution is -2.40. The molecule has 0 spiro atoms. The third-order valence-corrected chi connectivity index (χ3v) is 5.43. The Kier molecular flexibility index (Phi) is 5.83. The highest BCUT2D eigenvalue weighted by atomic mass is 16.2. The summed E-state index contributed by atoms with van der Waals surface area (Å²) in [4.78, 5) is 50.5. The molecule has 1 fully saturated rings. The summed E-state index contributed by atoms with van der Waals surface area (Å²) < 4.78 is 0. The molecule has 4 rings (SSSR count). The number of anilines is 2. The Hall–Kier alpha value is -4.20. The molecule has 3 aromatic carbocycles. The molecule has 33 heavy (non-hydrogen) atoms. The normalized spacial score (nSPS) is 14.8. The largest absolute Gasteiger partial charge is 0.347 e. The number of hydrogen-bond donors (Lipinski definition) is 3. The van der Waals surface area contributed by atoms with E-state index in [4.69, 9.17) is 0 Å². The summed E-state index contributed by atoms with van der Waals surface area (Å²) in [7, 11) is 0. The number of rotatable bonds is 6.